The number of methoxy groups -OCH3 is 1. The van der Waals surface area contributed by atoms with Gasteiger partial charge in [0.05, 0.1) is 11.7 Å². The van der Waals surface area contributed by atoms with Gasteiger partial charge in [-0.2, -0.15) is 0 Å². The average molecular weight is 313 g/mol. The smallest absolute Gasteiger partial charge is 0.191 e. The van der Waals surface area contributed by atoms with Crippen LogP contribution in [-0.4, -0.2) is 51.5 Å². The van der Waals surface area contributed by atoms with E-state index < -0.39 is 0 Å². The van der Waals surface area contributed by atoms with E-state index in [2.05, 4.69) is 36.4 Å². The zero-order chi connectivity index (χ0) is 16.4. The molecule has 0 radical (unpaired) electrons. The molecule has 0 aromatic heterocycles. The SMILES string of the molecule is CCOC(CCNC(=NC)NCC(C)(C)OC)C1CCCC1. The Morgan fingerprint density at radius 1 is 1.27 bits per heavy atom. The predicted octanol–water partition coefficient (Wildman–Crippen LogP) is 2.56. The Kier molecular flexibility index (Phi) is 8.79. The van der Waals surface area contributed by atoms with Gasteiger partial charge in [-0.05, 0) is 46.0 Å². The topological polar surface area (TPSA) is 54.9 Å². The first-order chi connectivity index (χ1) is 10.5. The van der Waals surface area contributed by atoms with Crippen LogP contribution >= 0.6 is 0 Å². The summed E-state index contributed by atoms with van der Waals surface area (Å²) < 4.78 is 11.4. The second-order valence-electron chi connectivity index (χ2n) is 6.64. The Morgan fingerprint density at radius 3 is 2.50 bits per heavy atom. The largest absolute Gasteiger partial charge is 0.378 e. The fourth-order valence-corrected chi connectivity index (χ4v) is 2.92. The first-order valence-corrected chi connectivity index (χ1v) is 8.63. The Hall–Kier alpha value is -0.810. The molecule has 2 N–H and O–H groups in total. The van der Waals surface area contributed by atoms with E-state index in [1.807, 2.05) is 0 Å². The van der Waals surface area contributed by atoms with Crippen molar-refractivity contribution in [3.8, 4) is 0 Å². The van der Waals surface area contributed by atoms with E-state index >= 15 is 0 Å². The van der Waals surface area contributed by atoms with Gasteiger partial charge in [0.2, 0.25) is 0 Å². The summed E-state index contributed by atoms with van der Waals surface area (Å²) in [4.78, 5) is 4.26. The van der Waals surface area contributed by atoms with Crippen LogP contribution in [0.4, 0.5) is 0 Å². The Balaban J connectivity index is 2.32. The number of guanidine groups is 1. The molecule has 130 valence electrons. The monoisotopic (exact) mass is 313 g/mol. The Labute approximate surface area is 136 Å². The van der Waals surface area contributed by atoms with E-state index in [-0.39, 0.29) is 5.60 Å². The third-order valence-electron chi connectivity index (χ3n) is 4.49. The van der Waals surface area contributed by atoms with Crippen LogP contribution in [0.15, 0.2) is 4.99 Å². The molecule has 0 aromatic carbocycles. The van der Waals surface area contributed by atoms with Crippen LogP contribution in [0.2, 0.25) is 0 Å². The molecule has 0 bridgehead atoms. The van der Waals surface area contributed by atoms with Crippen molar-refractivity contribution in [3.63, 3.8) is 0 Å². The van der Waals surface area contributed by atoms with Crippen molar-refractivity contribution in [3.05, 3.63) is 0 Å². The average Bonchev–Trinajstić information content (AvgIpc) is 3.03. The molecular weight excluding hydrogens is 278 g/mol. The third-order valence-corrected chi connectivity index (χ3v) is 4.49. The second kappa shape index (κ2) is 10.1. The van der Waals surface area contributed by atoms with Gasteiger partial charge in [-0.15, -0.1) is 0 Å². The predicted molar refractivity (Wildman–Crippen MR) is 92.4 cm³/mol. The molecule has 0 amide bonds. The number of hydrogen-bond acceptors (Lipinski definition) is 3. The molecule has 1 saturated carbocycles. The van der Waals surface area contributed by atoms with Crippen molar-refractivity contribution >= 4 is 5.96 Å². The van der Waals surface area contributed by atoms with Gasteiger partial charge in [-0.3, -0.25) is 4.99 Å². The van der Waals surface area contributed by atoms with Crippen molar-refractivity contribution < 1.29 is 9.47 Å². The molecular formula is C17H35N3O2. The summed E-state index contributed by atoms with van der Waals surface area (Å²) in [5.74, 6) is 1.57. The summed E-state index contributed by atoms with van der Waals surface area (Å²) in [7, 11) is 3.53. The van der Waals surface area contributed by atoms with E-state index in [9.17, 15) is 0 Å². The van der Waals surface area contributed by atoms with Gasteiger partial charge in [0.15, 0.2) is 5.96 Å². The van der Waals surface area contributed by atoms with Crippen LogP contribution in [0, 0.1) is 5.92 Å². The van der Waals surface area contributed by atoms with E-state index in [4.69, 9.17) is 9.47 Å². The molecule has 0 aromatic rings. The van der Waals surface area contributed by atoms with Crippen molar-refractivity contribution in [2.45, 2.75) is 64.6 Å². The summed E-state index contributed by atoms with van der Waals surface area (Å²) >= 11 is 0. The normalized spacial score (nSPS) is 18.5. The highest BCUT2D eigenvalue weighted by molar-refractivity contribution is 5.79. The van der Waals surface area contributed by atoms with Crippen LogP contribution in [0.25, 0.3) is 0 Å². The molecule has 1 fully saturated rings. The summed E-state index contributed by atoms with van der Waals surface area (Å²) in [5.41, 5.74) is -0.199. The van der Waals surface area contributed by atoms with Gasteiger partial charge < -0.3 is 20.1 Å². The summed E-state index contributed by atoms with van der Waals surface area (Å²) in [6.07, 6.45) is 6.77. The highest BCUT2D eigenvalue weighted by Crippen LogP contribution is 2.30. The lowest BCUT2D eigenvalue weighted by Crippen LogP contribution is -2.46. The lowest BCUT2D eigenvalue weighted by Gasteiger charge is -2.26. The van der Waals surface area contributed by atoms with Gasteiger partial charge in [0, 0.05) is 33.9 Å². The van der Waals surface area contributed by atoms with E-state index in [0.29, 0.717) is 6.10 Å². The minimum atomic E-state index is -0.199. The number of rotatable bonds is 9. The van der Waals surface area contributed by atoms with E-state index in [1.165, 1.54) is 25.7 Å². The highest BCUT2D eigenvalue weighted by atomic mass is 16.5. The zero-order valence-corrected chi connectivity index (χ0v) is 15.1. The summed E-state index contributed by atoms with van der Waals surface area (Å²) in [5, 5.41) is 6.69. The molecule has 1 aliphatic rings. The molecule has 5 heteroatoms. The molecule has 1 rings (SSSR count). The minimum absolute atomic E-state index is 0.199. The Bertz CT molecular complexity index is 326. The number of nitrogens with one attached hydrogen (secondary N) is 2. The maximum absolute atomic E-state index is 5.95. The second-order valence-corrected chi connectivity index (χ2v) is 6.64. The highest BCUT2D eigenvalue weighted by Gasteiger charge is 2.25. The van der Waals surface area contributed by atoms with Crippen LogP contribution in [0.1, 0.15) is 52.9 Å². The number of aliphatic imine (C=N–C) groups is 1. The maximum Gasteiger partial charge on any atom is 0.191 e. The molecule has 5 nitrogen and oxygen atoms in total. The fraction of sp³-hybridized carbons (Fsp3) is 0.941. The maximum atomic E-state index is 5.95. The first kappa shape index (κ1) is 19.2. The van der Waals surface area contributed by atoms with E-state index in [1.54, 1.807) is 14.2 Å². The molecule has 1 aliphatic carbocycles. The lowest BCUT2D eigenvalue weighted by molar-refractivity contribution is 0.0167. The zero-order valence-electron chi connectivity index (χ0n) is 15.1. The fourth-order valence-electron chi connectivity index (χ4n) is 2.92. The minimum Gasteiger partial charge on any atom is -0.378 e. The van der Waals surface area contributed by atoms with Gasteiger partial charge in [-0.25, -0.2) is 0 Å². The molecule has 0 aliphatic heterocycles. The van der Waals surface area contributed by atoms with Crippen molar-refractivity contribution in [1.82, 2.24) is 10.6 Å². The van der Waals surface area contributed by atoms with Gasteiger partial charge in [0.1, 0.15) is 0 Å². The number of hydrogen-bond donors (Lipinski definition) is 2. The molecule has 22 heavy (non-hydrogen) atoms. The van der Waals surface area contributed by atoms with Gasteiger partial charge in [0.25, 0.3) is 0 Å². The number of ether oxygens (including phenoxy) is 2. The third kappa shape index (κ3) is 6.97. The quantitative estimate of drug-likeness (QED) is 0.507. The van der Waals surface area contributed by atoms with Crippen LogP contribution in [-0.2, 0) is 9.47 Å². The molecule has 1 unspecified atom stereocenters. The standard InChI is InChI=1S/C17H35N3O2/c1-6-22-15(14-9-7-8-10-14)11-12-19-16(18-4)20-13-17(2,3)21-5/h14-15H,6-13H2,1-5H3,(H2,18,19,20). The van der Waals surface area contributed by atoms with Gasteiger partial charge >= 0.3 is 0 Å². The molecule has 0 saturated heterocycles. The van der Waals surface area contributed by atoms with Crippen molar-refractivity contribution in [2.75, 3.05) is 33.9 Å². The summed E-state index contributed by atoms with van der Waals surface area (Å²) in [6, 6.07) is 0. The molecule has 0 spiro atoms. The molecule has 0 heterocycles. The summed E-state index contributed by atoms with van der Waals surface area (Å²) in [6.45, 7) is 8.60. The van der Waals surface area contributed by atoms with Crippen LogP contribution in [0.3, 0.4) is 0 Å². The van der Waals surface area contributed by atoms with Gasteiger partial charge in [-0.1, -0.05) is 12.8 Å². The number of nitrogens with zero attached hydrogens (tertiary/aromatic N) is 1. The van der Waals surface area contributed by atoms with Crippen molar-refractivity contribution in [2.24, 2.45) is 10.9 Å². The van der Waals surface area contributed by atoms with Crippen LogP contribution < -0.4 is 10.6 Å². The van der Waals surface area contributed by atoms with Crippen molar-refractivity contribution in [1.29, 1.82) is 0 Å². The molecule has 1 atom stereocenters. The first-order valence-electron chi connectivity index (χ1n) is 8.63. The lowest BCUT2D eigenvalue weighted by atomic mass is 9.98. The van der Waals surface area contributed by atoms with E-state index in [0.717, 1.165) is 38.0 Å². The van der Waals surface area contributed by atoms with Crippen LogP contribution in [0.5, 0.6) is 0 Å². The Morgan fingerprint density at radius 2 is 1.95 bits per heavy atom.